The summed E-state index contributed by atoms with van der Waals surface area (Å²) < 4.78 is 5.08. The van der Waals surface area contributed by atoms with Gasteiger partial charge in [0, 0.05) is 18.7 Å². The molecule has 1 atom stereocenters. The smallest absolute Gasteiger partial charge is 0.251 e. The van der Waals surface area contributed by atoms with Crippen molar-refractivity contribution in [1.29, 1.82) is 0 Å². The summed E-state index contributed by atoms with van der Waals surface area (Å²) >= 11 is 0. The summed E-state index contributed by atoms with van der Waals surface area (Å²) in [5.74, 6) is 0.366. The molecule has 0 unspecified atom stereocenters. The van der Waals surface area contributed by atoms with Crippen LogP contribution in [0.15, 0.2) is 48.5 Å². The monoisotopic (exact) mass is 338 g/mol. The number of hydrogen-bond donors (Lipinski definition) is 1. The third-order valence-electron chi connectivity index (χ3n) is 4.51. The van der Waals surface area contributed by atoms with E-state index in [2.05, 4.69) is 17.4 Å². The van der Waals surface area contributed by atoms with Gasteiger partial charge in [-0.2, -0.15) is 0 Å². The van der Waals surface area contributed by atoms with Gasteiger partial charge in [0.1, 0.15) is 11.8 Å². The van der Waals surface area contributed by atoms with E-state index in [1.54, 1.807) is 43.2 Å². The van der Waals surface area contributed by atoms with E-state index in [0.717, 1.165) is 6.42 Å². The van der Waals surface area contributed by atoms with E-state index in [1.165, 1.54) is 11.1 Å². The molecule has 5 heteroatoms. The fourth-order valence-corrected chi connectivity index (χ4v) is 3.04. The molecule has 2 aromatic carbocycles. The molecular weight excluding hydrogens is 316 g/mol. The summed E-state index contributed by atoms with van der Waals surface area (Å²) in [5.41, 5.74) is 2.97. The number of rotatable bonds is 4. The molecule has 0 saturated heterocycles. The first-order valence-corrected chi connectivity index (χ1v) is 8.39. The Balaban J connectivity index is 1.61. The van der Waals surface area contributed by atoms with Gasteiger partial charge in [0.25, 0.3) is 5.91 Å². The molecule has 2 amide bonds. The number of amides is 2. The highest BCUT2D eigenvalue weighted by molar-refractivity contribution is 5.97. The molecule has 0 fully saturated rings. The standard InChI is InChI=1S/C20H22N2O3/c1-14(21-19(23)16-7-9-18(25-2)10-8-16)20(24)22-12-11-15-5-3-4-6-17(15)13-22/h3-10,14H,11-13H2,1-2H3,(H,21,23)/t14-/m0/s1. The first-order valence-electron chi connectivity index (χ1n) is 8.39. The summed E-state index contributed by atoms with van der Waals surface area (Å²) in [6.45, 7) is 3.00. The van der Waals surface area contributed by atoms with Crippen LogP contribution in [-0.4, -0.2) is 36.4 Å². The zero-order chi connectivity index (χ0) is 17.8. The van der Waals surface area contributed by atoms with Crippen LogP contribution in [0.5, 0.6) is 5.75 Å². The van der Waals surface area contributed by atoms with Crippen LogP contribution in [0.4, 0.5) is 0 Å². The number of methoxy groups -OCH3 is 1. The summed E-state index contributed by atoms with van der Waals surface area (Å²) in [5, 5.41) is 2.78. The number of nitrogens with one attached hydrogen (secondary N) is 1. The minimum absolute atomic E-state index is 0.0589. The van der Waals surface area contributed by atoms with Crippen molar-refractivity contribution in [2.75, 3.05) is 13.7 Å². The molecule has 3 rings (SSSR count). The molecule has 5 nitrogen and oxygen atoms in total. The second-order valence-corrected chi connectivity index (χ2v) is 6.20. The molecule has 1 aliphatic heterocycles. The molecule has 1 heterocycles. The predicted octanol–water partition coefficient (Wildman–Crippen LogP) is 2.40. The minimum Gasteiger partial charge on any atom is -0.497 e. The second-order valence-electron chi connectivity index (χ2n) is 6.20. The largest absolute Gasteiger partial charge is 0.497 e. The van der Waals surface area contributed by atoms with Gasteiger partial charge in [0.05, 0.1) is 7.11 Å². The van der Waals surface area contributed by atoms with Gasteiger partial charge >= 0.3 is 0 Å². The number of carbonyl (C=O) groups is 2. The molecule has 1 N–H and O–H groups in total. The third-order valence-corrected chi connectivity index (χ3v) is 4.51. The summed E-state index contributed by atoms with van der Waals surface area (Å²) in [4.78, 5) is 26.8. The van der Waals surface area contributed by atoms with Crippen LogP contribution in [0.3, 0.4) is 0 Å². The molecule has 1 aliphatic rings. The van der Waals surface area contributed by atoms with Crippen molar-refractivity contribution in [3.63, 3.8) is 0 Å². The molecule has 25 heavy (non-hydrogen) atoms. The Morgan fingerprint density at radius 3 is 2.44 bits per heavy atom. The molecular formula is C20H22N2O3. The molecule has 0 saturated carbocycles. The average molecular weight is 338 g/mol. The van der Waals surface area contributed by atoms with Gasteiger partial charge in [0.15, 0.2) is 0 Å². The zero-order valence-corrected chi connectivity index (χ0v) is 14.5. The van der Waals surface area contributed by atoms with Crippen molar-refractivity contribution < 1.29 is 14.3 Å². The lowest BCUT2D eigenvalue weighted by atomic mass is 9.99. The zero-order valence-electron chi connectivity index (χ0n) is 14.5. The van der Waals surface area contributed by atoms with E-state index >= 15 is 0 Å². The van der Waals surface area contributed by atoms with E-state index in [9.17, 15) is 9.59 Å². The fraction of sp³-hybridized carbons (Fsp3) is 0.300. The number of carbonyl (C=O) groups excluding carboxylic acids is 2. The Bertz CT molecular complexity index is 771. The Hall–Kier alpha value is -2.82. The maximum Gasteiger partial charge on any atom is 0.251 e. The SMILES string of the molecule is COc1ccc(C(=O)N[C@@H](C)C(=O)N2CCc3ccccc3C2)cc1. The molecule has 0 aromatic heterocycles. The third kappa shape index (κ3) is 3.82. The molecule has 2 aromatic rings. The van der Waals surface area contributed by atoms with Gasteiger partial charge in [-0.1, -0.05) is 24.3 Å². The summed E-state index contributed by atoms with van der Waals surface area (Å²) in [6.07, 6.45) is 0.848. The van der Waals surface area contributed by atoms with Crippen LogP contribution in [0.1, 0.15) is 28.4 Å². The van der Waals surface area contributed by atoms with E-state index in [-0.39, 0.29) is 11.8 Å². The fourth-order valence-electron chi connectivity index (χ4n) is 3.04. The minimum atomic E-state index is -0.570. The second kappa shape index (κ2) is 7.38. The summed E-state index contributed by atoms with van der Waals surface area (Å²) in [7, 11) is 1.58. The van der Waals surface area contributed by atoms with Crippen LogP contribution in [-0.2, 0) is 17.8 Å². The lowest BCUT2D eigenvalue weighted by Crippen LogP contribution is -2.48. The van der Waals surface area contributed by atoms with Crippen LogP contribution in [0.25, 0.3) is 0 Å². The van der Waals surface area contributed by atoms with Gasteiger partial charge in [-0.15, -0.1) is 0 Å². The van der Waals surface area contributed by atoms with E-state index in [0.29, 0.717) is 24.4 Å². The first kappa shape index (κ1) is 17.0. The van der Waals surface area contributed by atoms with Gasteiger partial charge in [-0.05, 0) is 48.7 Å². The number of hydrogen-bond acceptors (Lipinski definition) is 3. The number of benzene rings is 2. The van der Waals surface area contributed by atoms with Crippen molar-refractivity contribution in [2.24, 2.45) is 0 Å². The highest BCUT2D eigenvalue weighted by Crippen LogP contribution is 2.19. The number of nitrogens with zero attached hydrogens (tertiary/aromatic N) is 1. The van der Waals surface area contributed by atoms with Gasteiger partial charge in [-0.25, -0.2) is 0 Å². The molecule has 0 aliphatic carbocycles. The van der Waals surface area contributed by atoms with Gasteiger partial charge < -0.3 is 15.0 Å². The Morgan fingerprint density at radius 1 is 1.08 bits per heavy atom. The molecule has 130 valence electrons. The Morgan fingerprint density at radius 2 is 1.76 bits per heavy atom. The maximum atomic E-state index is 12.7. The van der Waals surface area contributed by atoms with E-state index < -0.39 is 6.04 Å². The lowest BCUT2D eigenvalue weighted by Gasteiger charge is -2.31. The summed E-state index contributed by atoms with van der Waals surface area (Å²) in [6, 6.07) is 14.4. The highest BCUT2D eigenvalue weighted by atomic mass is 16.5. The molecule has 0 radical (unpaired) electrons. The van der Waals surface area contributed by atoms with Crippen LogP contribution < -0.4 is 10.1 Å². The quantitative estimate of drug-likeness (QED) is 0.931. The predicted molar refractivity (Wildman–Crippen MR) is 95.5 cm³/mol. The molecule has 0 bridgehead atoms. The van der Waals surface area contributed by atoms with Crippen molar-refractivity contribution in [2.45, 2.75) is 25.9 Å². The van der Waals surface area contributed by atoms with Crippen molar-refractivity contribution in [3.8, 4) is 5.75 Å². The number of fused-ring (bicyclic) bond motifs is 1. The topological polar surface area (TPSA) is 58.6 Å². The van der Waals surface area contributed by atoms with Gasteiger partial charge in [-0.3, -0.25) is 9.59 Å². The Labute approximate surface area is 147 Å². The Kier molecular flexibility index (Phi) is 5.03. The normalized spacial score (nSPS) is 14.4. The number of ether oxygens (including phenoxy) is 1. The van der Waals surface area contributed by atoms with E-state index in [4.69, 9.17) is 4.74 Å². The van der Waals surface area contributed by atoms with Crippen LogP contribution in [0.2, 0.25) is 0 Å². The highest BCUT2D eigenvalue weighted by Gasteiger charge is 2.25. The molecule has 0 spiro atoms. The average Bonchev–Trinajstić information content (AvgIpc) is 2.67. The van der Waals surface area contributed by atoms with Crippen molar-refractivity contribution in [1.82, 2.24) is 10.2 Å². The van der Waals surface area contributed by atoms with Gasteiger partial charge in [0.2, 0.25) is 5.91 Å². The maximum absolute atomic E-state index is 12.7. The first-order chi connectivity index (χ1) is 12.1. The van der Waals surface area contributed by atoms with Crippen LogP contribution >= 0.6 is 0 Å². The van der Waals surface area contributed by atoms with Crippen molar-refractivity contribution in [3.05, 3.63) is 65.2 Å². The van der Waals surface area contributed by atoms with E-state index in [1.807, 2.05) is 12.1 Å². The van der Waals surface area contributed by atoms with Crippen LogP contribution in [0, 0.1) is 0 Å². The van der Waals surface area contributed by atoms with Crippen molar-refractivity contribution >= 4 is 11.8 Å². The lowest BCUT2D eigenvalue weighted by molar-refractivity contribution is -0.133.